The number of nitrogens with zero attached hydrogens (tertiary/aromatic N) is 4. The van der Waals surface area contributed by atoms with E-state index in [1.54, 1.807) is 0 Å². The molecular formula is C23H20N6O9S3. The Balaban J connectivity index is 2.14. The molecule has 3 rings (SSSR count). The number of aromatic carboxylic acids is 1. The van der Waals surface area contributed by atoms with Gasteiger partial charge in [-0.15, -0.1) is 15.3 Å². The molecule has 18 heteroatoms. The minimum Gasteiger partial charge on any atom is -0.478 e. The van der Waals surface area contributed by atoms with Crippen LogP contribution in [0.1, 0.15) is 10.4 Å². The van der Waals surface area contributed by atoms with Crippen LogP contribution in [0.25, 0.3) is 0 Å². The van der Waals surface area contributed by atoms with E-state index in [4.69, 9.17) is 11.5 Å². The quantitative estimate of drug-likeness (QED) is 0.140. The zero-order valence-corrected chi connectivity index (χ0v) is 23.1. The molecule has 0 aromatic heterocycles. The highest BCUT2D eigenvalue weighted by Gasteiger charge is 2.24. The van der Waals surface area contributed by atoms with Gasteiger partial charge in [-0.05, 0) is 48.5 Å². The van der Waals surface area contributed by atoms with Crippen LogP contribution in [0.5, 0.6) is 0 Å². The number of azo groups is 2. The highest BCUT2D eigenvalue weighted by molar-refractivity contribution is 7.94. The minimum absolute atomic E-state index is 0.0632. The molecule has 0 aliphatic rings. The third-order valence-corrected chi connectivity index (χ3v) is 8.81. The molecule has 0 aliphatic heterocycles. The van der Waals surface area contributed by atoms with E-state index in [2.05, 4.69) is 33.6 Å². The first-order chi connectivity index (χ1) is 19.0. The second kappa shape index (κ2) is 11.4. The molecule has 0 saturated heterocycles. The van der Waals surface area contributed by atoms with Gasteiger partial charge in [0.15, 0.2) is 19.7 Å². The number of nitrogen functional groups attached to an aromatic ring is 2. The maximum atomic E-state index is 12.2. The number of carbonyl (C=O) groups is 1. The third-order valence-electron chi connectivity index (χ3n) is 5.21. The summed E-state index contributed by atoms with van der Waals surface area (Å²) in [5.74, 6) is -1.62. The fraction of sp³-hybridized carbons (Fsp3) is 0. The number of benzene rings is 3. The lowest BCUT2D eigenvalue weighted by atomic mass is 10.1. The molecule has 3 aromatic rings. The second-order valence-corrected chi connectivity index (χ2v) is 13.0. The van der Waals surface area contributed by atoms with Crippen LogP contribution in [0, 0.1) is 0 Å². The normalized spacial score (nSPS) is 12.5. The molecule has 0 fully saturated rings. The number of nitrogens with two attached hydrogens (primary N) is 2. The van der Waals surface area contributed by atoms with E-state index in [9.17, 15) is 39.7 Å². The van der Waals surface area contributed by atoms with Crippen LogP contribution in [-0.4, -0.2) is 40.9 Å². The number of sulfone groups is 2. The van der Waals surface area contributed by atoms with Gasteiger partial charge in [-0.25, -0.2) is 21.6 Å². The van der Waals surface area contributed by atoms with Gasteiger partial charge in [0.1, 0.15) is 27.5 Å². The Kier molecular flexibility index (Phi) is 8.53. The van der Waals surface area contributed by atoms with E-state index in [1.165, 1.54) is 24.3 Å². The van der Waals surface area contributed by atoms with Crippen molar-refractivity contribution in [3.05, 3.63) is 78.1 Å². The predicted octanol–water partition coefficient (Wildman–Crippen LogP) is 4.46. The van der Waals surface area contributed by atoms with Gasteiger partial charge in [0.05, 0.1) is 26.9 Å². The smallest absolute Gasteiger partial charge is 0.340 e. The Bertz CT molecular complexity index is 1970. The monoisotopic (exact) mass is 620 g/mol. The first-order valence-electron chi connectivity index (χ1n) is 10.8. The van der Waals surface area contributed by atoms with Crippen LogP contribution in [0.2, 0.25) is 0 Å². The van der Waals surface area contributed by atoms with Crippen molar-refractivity contribution in [3.63, 3.8) is 0 Å². The van der Waals surface area contributed by atoms with Gasteiger partial charge in [-0.2, -0.15) is 13.5 Å². The van der Waals surface area contributed by atoms with Crippen molar-refractivity contribution in [2.45, 2.75) is 14.7 Å². The third kappa shape index (κ3) is 6.69. The SMILES string of the molecule is C=CS(=O)(=O)c1ccc(/N=N/c2c(N)cc(N)c(/N=N/c3ccc(S(=O)(=O)C=C)cc3S(=O)(=O)O)c2C(=O)O)cc1. The molecular weight excluding hydrogens is 600 g/mol. The van der Waals surface area contributed by atoms with E-state index in [-0.39, 0.29) is 22.0 Å². The molecule has 0 bridgehead atoms. The van der Waals surface area contributed by atoms with E-state index in [0.717, 1.165) is 23.6 Å². The summed E-state index contributed by atoms with van der Waals surface area (Å²) in [5.41, 5.74) is 9.24. The maximum absolute atomic E-state index is 12.2. The Morgan fingerprint density at radius 2 is 1.22 bits per heavy atom. The average Bonchev–Trinajstić information content (AvgIpc) is 2.91. The summed E-state index contributed by atoms with van der Waals surface area (Å²) in [4.78, 5) is 10.6. The molecule has 0 atom stereocenters. The highest BCUT2D eigenvalue weighted by Crippen LogP contribution is 2.41. The number of anilines is 2. The first-order valence-corrected chi connectivity index (χ1v) is 15.3. The number of hydrogen-bond donors (Lipinski definition) is 4. The lowest BCUT2D eigenvalue weighted by Gasteiger charge is -2.10. The van der Waals surface area contributed by atoms with Gasteiger partial charge >= 0.3 is 5.97 Å². The van der Waals surface area contributed by atoms with Gasteiger partial charge in [-0.3, -0.25) is 4.55 Å². The fourth-order valence-electron chi connectivity index (χ4n) is 3.19. The van der Waals surface area contributed by atoms with Crippen LogP contribution in [0.15, 0.2) is 108 Å². The van der Waals surface area contributed by atoms with Crippen LogP contribution >= 0.6 is 0 Å². The summed E-state index contributed by atoms with van der Waals surface area (Å²) in [7, 11) is -12.8. The van der Waals surface area contributed by atoms with Gasteiger partial charge in [-0.1, -0.05) is 13.2 Å². The molecule has 15 nitrogen and oxygen atoms in total. The topological polar surface area (TPSA) is 261 Å². The van der Waals surface area contributed by atoms with E-state index in [0.29, 0.717) is 11.5 Å². The minimum atomic E-state index is -5.03. The van der Waals surface area contributed by atoms with Crippen LogP contribution in [0.3, 0.4) is 0 Å². The maximum Gasteiger partial charge on any atom is 0.340 e. The molecule has 6 N–H and O–H groups in total. The number of carboxylic acid groups (broad SMARTS) is 1. The summed E-state index contributed by atoms with van der Waals surface area (Å²) < 4.78 is 81.3. The van der Waals surface area contributed by atoms with E-state index in [1.807, 2.05) is 0 Å². The Morgan fingerprint density at radius 1 is 0.732 bits per heavy atom. The summed E-state index contributed by atoms with van der Waals surface area (Å²) in [6.07, 6.45) is 0. The van der Waals surface area contributed by atoms with Crippen LogP contribution < -0.4 is 11.5 Å². The molecule has 41 heavy (non-hydrogen) atoms. The zero-order chi connectivity index (χ0) is 30.8. The summed E-state index contributed by atoms with van der Waals surface area (Å²) >= 11 is 0. The number of hydrogen-bond acceptors (Lipinski definition) is 13. The lowest BCUT2D eigenvalue weighted by Crippen LogP contribution is -2.03. The summed E-state index contributed by atoms with van der Waals surface area (Å²) in [5, 5.41) is 26.3. The Labute approximate surface area is 233 Å². The fourth-order valence-corrected chi connectivity index (χ4v) is 5.35. The van der Waals surface area contributed by atoms with Gasteiger partial charge < -0.3 is 16.6 Å². The van der Waals surface area contributed by atoms with Crippen LogP contribution in [0.4, 0.5) is 34.1 Å². The first kappa shape index (κ1) is 30.8. The van der Waals surface area contributed by atoms with E-state index >= 15 is 0 Å². The van der Waals surface area contributed by atoms with Gasteiger partial charge in [0.2, 0.25) is 0 Å². The molecule has 0 heterocycles. The Morgan fingerprint density at radius 3 is 1.71 bits per heavy atom. The van der Waals surface area contributed by atoms with Crippen molar-refractivity contribution in [3.8, 4) is 0 Å². The second-order valence-electron chi connectivity index (χ2n) is 7.85. The molecule has 0 aliphatic carbocycles. The number of rotatable bonds is 10. The van der Waals surface area contributed by atoms with E-state index < -0.39 is 68.2 Å². The van der Waals surface area contributed by atoms with Crippen molar-refractivity contribution >= 4 is 69.9 Å². The highest BCUT2D eigenvalue weighted by atomic mass is 32.2. The molecule has 0 saturated carbocycles. The van der Waals surface area contributed by atoms with Gasteiger partial charge in [0, 0.05) is 10.8 Å². The van der Waals surface area contributed by atoms with Crippen molar-refractivity contribution < 1.29 is 39.7 Å². The molecule has 0 spiro atoms. The largest absolute Gasteiger partial charge is 0.478 e. The van der Waals surface area contributed by atoms with Crippen molar-refractivity contribution in [1.29, 1.82) is 0 Å². The standard InChI is InChI=1S/C23H20N6O9S3/c1-3-39(32,33)14-7-5-13(6-8-14)26-28-21-16(24)12-17(25)22(20(21)23(30)31)29-27-18-10-9-15(40(34,35)4-2)11-19(18)41(36,37)38/h3-12H,1-2,24-25H2,(H,30,31)(H,36,37,38)/b28-26+,29-27+. The molecule has 214 valence electrons. The Hall–Kier alpha value is -4.78. The van der Waals surface area contributed by atoms with Crippen molar-refractivity contribution in [2.75, 3.05) is 11.5 Å². The summed E-state index contributed by atoms with van der Waals surface area (Å²) in [6, 6.07) is 8.64. The van der Waals surface area contributed by atoms with Crippen LogP contribution in [-0.2, 0) is 29.8 Å². The predicted molar refractivity (Wildman–Crippen MR) is 148 cm³/mol. The zero-order valence-electron chi connectivity index (χ0n) is 20.6. The average molecular weight is 621 g/mol. The molecule has 0 amide bonds. The molecule has 0 radical (unpaired) electrons. The van der Waals surface area contributed by atoms with Crippen molar-refractivity contribution in [2.24, 2.45) is 20.5 Å². The molecule has 3 aromatic carbocycles. The van der Waals surface area contributed by atoms with Gasteiger partial charge in [0.25, 0.3) is 10.1 Å². The summed E-state index contributed by atoms with van der Waals surface area (Å²) in [6.45, 7) is 6.37. The lowest BCUT2D eigenvalue weighted by molar-refractivity contribution is 0.0698. The van der Waals surface area contributed by atoms with Crippen molar-refractivity contribution in [1.82, 2.24) is 0 Å². The molecule has 0 unspecified atom stereocenters. The number of carboxylic acids is 1.